The maximum atomic E-state index is 5.65. The standard InChI is InChI=1S/C9H22N4/c1-3-8(10)12-6-5-7-13-9(11)4-2/h5-6,8-9,12-13H,3-4,7,10-11H2,1-2H3. The molecule has 0 saturated heterocycles. The van der Waals surface area contributed by atoms with Gasteiger partial charge in [-0.05, 0) is 19.0 Å². The highest BCUT2D eigenvalue weighted by molar-refractivity contribution is 4.83. The smallest absolute Gasteiger partial charge is 0.0735 e. The van der Waals surface area contributed by atoms with Crippen LogP contribution in [0.5, 0.6) is 0 Å². The average Bonchev–Trinajstić information content (AvgIpc) is 2.16. The number of hydrogen-bond acceptors (Lipinski definition) is 4. The van der Waals surface area contributed by atoms with Gasteiger partial charge < -0.3 is 16.8 Å². The van der Waals surface area contributed by atoms with Crippen molar-refractivity contribution < 1.29 is 0 Å². The van der Waals surface area contributed by atoms with Crippen molar-refractivity contribution in [2.75, 3.05) is 6.54 Å². The predicted octanol–water partition coefficient (Wildman–Crippen LogP) is 0.0689. The molecule has 0 saturated carbocycles. The Kier molecular flexibility index (Phi) is 7.68. The van der Waals surface area contributed by atoms with E-state index >= 15 is 0 Å². The Morgan fingerprint density at radius 2 is 1.77 bits per heavy atom. The van der Waals surface area contributed by atoms with Crippen LogP contribution < -0.4 is 22.1 Å². The van der Waals surface area contributed by atoms with Crippen LogP contribution in [-0.4, -0.2) is 18.9 Å². The molecular weight excluding hydrogens is 164 g/mol. The zero-order chi connectivity index (χ0) is 10.1. The van der Waals surface area contributed by atoms with Gasteiger partial charge in [-0.15, -0.1) is 0 Å². The van der Waals surface area contributed by atoms with Crippen LogP contribution in [0.1, 0.15) is 26.7 Å². The second kappa shape index (κ2) is 8.04. The van der Waals surface area contributed by atoms with Gasteiger partial charge in [0.25, 0.3) is 0 Å². The van der Waals surface area contributed by atoms with Crippen LogP contribution in [-0.2, 0) is 0 Å². The van der Waals surface area contributed by atoms with E-state index in [1.165, 1.54) is 0 Å². The molecule has 0 aliphatic rings. The largest absolute Gasteiger partial charge is 0.376 e. The lowest BCUT2D eigenvalue weighted by Crippen LogP contribution is -2.37. The maximum Gasteiger partial charge on any atom is 0.0735 e. The Labute approximate surface area is 80.7 Å². The normalized spacial score (nSPS) is 16.0. The first-order valence-corrected chi connectivity index (χ1v) is 4.86. The van der Waals surface area contributed by atoms with E-state index in [1.54, 1.807) is 0 Å². The van der Waals surface area contributed by atoms with Crippen molar-refractivity contribution in [1.29, 1.82) is 0 Å². The molecule has 0 bridgehead atoms. The van der Waals surface area contributed by atoms with E-state index in [4.69, 9.17) is 11.5 Å². The van der Waals surface area contributed by atoms with Crippen LogP contribution in [0.25, 0.3) is 0 Å². The molecule has 0 spiro atoms. The lowest BCUT2D eigenvalue weighted by Gasteiger charge is -2.10. The van der Waals surface area contributed by atoms with E-state index in [9.17, 15) is 0 Å². The Bertz CT molecular complexity index is 136. The molecular formula is C9H22N4. The first-order chi connectivity index (χ1) is 6.20. The zero-order valence-corrected chi connectivity index (χ0v) is 8.59. The summed E-state index contributed by atoms with van der Waals surface area (Å²) in [6, 6.07) is 0. The van der Waals surface area contributed by atoms with E-state index < -0.39 is 0 Å². The average molecular weight is 186 g/mol. The lowest BCUT2D eigenvalue weighted by atomic mass is 10.4. The lowest BCUT2D eigenvalue weighted by molar-refractivity contribution is 0.541. The van der Waals surface area contributed by atoms with Crippen LogP contribution in [0.2, 0.25) is 0 Å². The van der Waals surface area contributed by atoms with Gasteiger partial charge in [-0.2, -0.15) is 0 Å². The fraction of sp³-hybridized carbons (Fsp3) is 0.778. The van der Waals surface area contributed by atoms with Crippen LogP contribution in [0.3, 0.4) is 0 Å². The summed E-state index contributed by atoms with van der Waals surface area (Å²) in [7, 11) is 0. The van der Waals surface area contributed by atoms with Gasteiger partial charge in [0, 0.05) is 6.54 Å². The third-order valence-electron chi connectivity index (χ3n) is 1.81. The molecule has 13 heavy (non-hydrogen) atoms. The minimum absolute atomic E-state index is 0.0519. The van der Waals surface area contributed by atoms with Gasteiger partial charge in [-0.1, -0.05) is 19.9 Å². The molecule has 0 radical (unpaired) electrons. The zero-order valence-electron chi connectivity index (χ0n) is 8.59. The molecule has 0 heterocycles. The molecule has 0 aliphatic carbocycles. The molecule has 4 nitrogen and oxygen atoms in total. The maximum absolute atomic E-state index is 5.65. The van der Waals surface area contributed by atoms with Crippen molar-refractivity contribution in [3.05, 3.63) is 12.3 Å². The SMILES string of the molecule is CCC(N)NC=CCNC(N)CC. The Morgan fingerprint density at radius 1 is 1.15 bits per heavy atom. The number of nitrogens with one attached hydrogen (secondary N) is 2. The quantitative estimate of drug-likeness (QED) is 0.424. The van der Waals surface area contributed by atoms with Gasteiger partial charge in [0.2, 0.25) is 0 Å². The number of hydrogen-bond donors (Lipinski definition) is 4. The van der Waals surface area contributed by atoms with Crippen molar-refractivity contribution in [1.82, 2.24) is 10.6 Å². The molecule has 78 valence electrons. The van der Waals surface area contributed by atoms with Gasteiger partial charge in [0.05, 0.1) is 12.3 Å². The van der Waals surface area contributed by atoms with Gasteiger partial charge in [0.15, 0.2) is 0 Å². The van der Waals surface area contributed by atoms with Crippen molar-refractivity contribution >= 4 is 0 Å². The summed E-state index contributed by atoms with van der Waals surface area (Å²) < 4.78 is 0. The minimum Gasteiger partial charge on any atom is -0.376 e. The van der Waals surface area contributed by atoms with Crippen LogP contribution in [0, 0.1) is 0 Å². The highest BCUT2D eigenvalue weighted by Gasteiger charge is 1.93. The molecule has 0 aromatic carbocycles. The highest BCUT2D eigenvalue weighted by Crippen LogP contribution is 1.81. The monoisotopic (exact) mass is 186 g/mol. The Morgan fingerprint density at radius 3 is 2.31 bits per heavy atom. The summed E-state index contributed by atoms with van der Waals surface area (Å²) in [5.74, 6) is 0. The second-order valence-corrected chi connectivity index (χ2v) is 3.01. The first-order valence-electron chi connectivity index (χ1n) is 4.86. The van der Waals surface area contributed by atoms with Gasteiger partial charge in [-0.25, -0.2) is 0 Å². The fourth-order valence-electron chi connectivity index (χ4n) is 0.732. The van der Waals surface area contributed by atoms with Crippen LogP contribution in [0.4, 0.5) is 0 Å². The third-order valence-corrected chi connectivity index (χ3v) is 1.81. The van der Waals surface area contributed by atoms with E-state index in [1.807, 2.05) is 26.1 Å². The number of nitrogens with two attached hydrogens (primary N) is 2. The topological polar surface area (TPSA) is 76.1 Å². The van der Waals surface area contributed by atoms with Crippen molar-refractivity contribution in [2.45, 2.75) is 39.0 Å². The number of rotatable bonds is 7. The van der Waals surface area contributed by atoms with Gasteiger partial charge in [0.1, 0.15) is 0 Å². The molecule has 0 fully saturated rings. The summed E-state index contributed by atoms with van der Waals surface area (Å²) in [5, 5.41) is 6.17. The molecule has 0 aromatic rings. The van der Waals surface area contributed by atoms with Crippen LogP contribution in [0.15, 0.2) is 12.3 Å². The fourth-order valence-corrected chi connectivity index (χ4v) is 0.732. The summed E-state index contributed by atoms with van der Waals surface area (Å²) in [6.07, 6.45) is 5.84. The van der Waals surface area contributed by atoms with E-state index in [2.05, 4.69) is 10.6 Å². The molecule has 2 unspecified atom stereocenters. The second-order valence-electron chi connectivity index (χ2n) is 3.01. The van der Waals surface area contributed by atoms with Gasteiger partial charge in [-0.3, -0.25) is 5.32 Å². The highest BCUT2D eigenvalue weighted by atomic mass is 15.0. The Hall–Kier alpha value is -0.580. The summed E-state index contributed by atoms with van der Waals surface area (Å²) in [5.41, 5.74) is 11.3. The molecule has 4 heteroatoms. The van der Waals surface area contributed by atoms with E-state index in [0.717, 1.165) is 19.4 Å². The molecule has 6 N–H and O–H groups in total. The molecule has 2 atom stereocenters. The molecule has 0 rings (SSSR count). The summed E-state index contributed by atoms with van der Waals surface area (Å²) in [6.45, 7) is 4.86. The molecule has 0 aliphatic heterocycles. The van der Waals surface area contributed by atoms with Crippen LogP contribution >= 0.6 is 0 Å². The van der Waals surface area contributed by atoms with E-state index in [-0.39, 0.29) is 12.3 Å². The Balaban J connectivity index is 3.31. The third kappa shape index (κ3) is 7.77. The predicted molar refractivity (Wildman–Crippen MR) is 56.8 cm³/mol. The molecule has 0 aromatic heterocycles. The van der Waals surface area contributed by atoms with Crippen molar-refractivity contribution in [3.63, 3.8) is 0 Å². The summed E-state index contributed by atoms with van der Waals surface area (Å²) in [4.78, 5) is 0. The van der Waals surface area contributed by atoms with Crippen molar-refractivity contribution in [2.24, 2.45) is 11.5 Å². The van der Waals surface area contributed by atoms with Gasteiger partial charge >= 0.3 is 0 Å². The molecule has 0 amide bonds. The van der Waals surface area contributed by atoms with E-state index in [0.29, 0.717) is 0 Å². The first kappa shape index (κ1) is 12.4. The summed E-state index contributed by atoms with van der Waals surface area (Å²) >= 11 is 0. The minimum atomic E-state index is 0.0519. The van der Waals surface area contributed by atoms with Crippen molar-refractivity contribution in [3.8, 4) is 0 Å².